The minimum atomic E-state index is -0.710. The number of nitrogens with zero attached hydrogens (tertiary/aromatic N) is 6. The number of aromatic hydroxyl groups is 1. The maximum atomic E-state index is 13.9. The molecule has 3 aromatic rings. The molecule has 2 N–H and O–H groups in total. The highest BCUT2D eigenvalue weighted by Crippen LogP contribution is 2.41. The highest BCUT2D eigenvalue weighted by Gasteiger charge is 2.42. The predicted octanol–water partition coefficient (Wildman–Crippen LogP) is 1.05. The Bertz CT molecular complexity index is 1310. The van der Waals surface area contributed by atoms with E-state index in [0.717, 1.165) is 25.7 Å². The van der Waals surface area contributed by atoms with Gasteiger partial charge in [-0.1, -0.05) is 18.9 Å². The molecule has 34 heavy (non-hydrogen) atoms. The standard InChI is InChI=1S/C22H24FN7O4/c1-29-27-18(26-28-29)15-10-14(23)5-4-13(15)11-24-19(32)16-17(31)20(33)30-8-9-34-12-22(21(30)25-16)6-2-3-7-22/h4-5,10,31H,2-3,6-9,11-12H2,1H3,(H,24,32). The second-order valence-electron chi connectivity index (χ2n) is 8.72. The second-order valence-corrected chi connectivity index (χ2v) is 8.72. The van der Waals surface area contributed by atoms with Gasteiger partial charge in [0, 0.05) is 12.1 Å². The number of benzene rings is 1. The number of amides is 1. The van der Waals surface area contributed by atoms with Crippen molar-refractivity contribution in [3.8, 4) is 17.1 Å². The number of halogens is 1. The Balaban J connectivity index is 1.46. The summed E-state index contributed by atoms with van der Waals surface area (Å²) in [5, 5.41) is 25.0. The van der Waals surface area contributed by atoms with Gasteiger partial charge in [-0.25, -0.2) is 9.37 Å². The Hall–Kier alpha value is -3.67. The molecule has 0 bridgehead atoms. The van der Waals surface area contributed by atoms with E-state index in [2.05, 4.69) is 25.7 Å². The van der Waals surface area contributed by atoms with Crippen LogP contribution in [0.4, 0.5) is 4.39 Å². The minimum Gasteiger partial charge on any atom is -0.501 e. The summed E-state index contributed by atoms with van der Waals surface area (Å²) in [4.78, 5) is 31.8. The molecule has 1 spiro atoms. The van der Waals surface area contributed by atoms with Crippen LogP contribution in [0.3, 0.4) is 0 Å². The van der Waals surface area contributed by atoms with Gasteiger partial charge in [-0.15, -0.1) is 10.2 Å². The molecular weight excluding hydrogens is 445 g/mol. The molecule has 11 nitrogen and oxygen atoms in total. The number of nitrogens with one attached hydrogen (secondary N) is 1. The van der Waals surface area contributed by atoms with Gasteiger partial charge in [0.15, 0.2) is 5.69 Å². The van der Waals surface area contributed by atoms with Crippen LogP contribution < -0.4 is 10.9 Å². The number of tetrazole rings is 1. The lowest BCUT2D eigenvalue weighted by Gasteiger charge is -2.28. The van der Waals surface area contributed by atoms with E-state index in [1.54, 1.807) is 7.05 Å². The molecule has 1 aromatic carbocycles. The summed E-state index contributed by atoms with van der Waals surface area (Å²) < 4.78 is 21.1. The highest BCUT2D eigenvalue weighted by atomic mass is 19.1. The topological polar surface area (TPSA) is 137 Å². The fourth-order valence-corrected chi connectivity index (χ4v) is 4.78. The van der Waals surface area contributed by atoms with E-state index in [0.29, 0.717) is 30.2 Å². The lowest BCUT2D eigenvalue weighted by Crippen LogP contribution is -2.38. The molecule has 1 fully saturated rings. The first-order valence-electron chi connectivity index (χ1n) is 11.1. The van der Waals surface area contributed by atoms with Crippen LogP contribution in [0.15, 0.2) is 23.0 Å². The van der Waals surface area contributed by atoms with Crippen molar-refractivity contribution in [3.05, 3.63) is 51.5 Å². The molecule has 2 aromatic heterocycles. The van der Waals surface area contributed by atoms with Crippen molar-refractivity contribution in [2.75, 3.05) is 13.2 Å². The minimum absolute atomic E-state index is 0.0273. The summed E-state index contributed by atoms with van der Waals surface area (Å²) in [5.41, 5.74) is -0.520. The van der Waals surface area contributed by atoms with E-state index in [-0.39, 0.29) is 24.6 Å². The Morgan fingerprint density at radius 2 is 2.12 bits per heavy atom. The number of carbonyl (C=O) groups excluding carboxylic acids is 1. The molecule has 3 heterocycles. The lowest BCUT2D eigenvalue weighted by molar-refractivity contribution is 0.0911. The van der Waals surface area contributed by atoms with Gasteiger partial charge in [0.2, 0.25) is 11.6 Å². The van der Waals surface area contributed by atoms with Crippen molar-refractivity contribution < 1.29 is 19.0 Å². The normalized spacial score (nSPS) is 16.9. The molecule has 5 rings (SSSR count). The molecule has 1 amide bonds. The third kappa shape index (κ3) is 3.83. The molecule has 0 atom stereocenters. The van der Waals surface area contributed by atoms with Crippen LogP contribution in [-0.4, -0.2) is 54.0 Å². The summed E-state index contributed by atoms with van der Waals surface area (Å²) in [5.74, 6) is -1.20. The van der Waals surface area contributed by atoms with E-state index >= 15 is 0 Å². The number of aryl methyl sites for hydroxylation is 1. The van der Waals surface area contributed by atoms with E-state index < -0.39 is 28.4 Å². The summed E-state index contributed by atoms with van der Waals surface area (Å²) >= 11 is 0. The monoisotopic (exact) mass is 469 g/mol. The third-order valence-corrected chi connectivity index (χ3v) is 6.49. The van der Waals surface area contributed by atoms with Crippen LogP contribution >= 0.6 is 0 Å². The van der Waals surface area contributed by atoms with Crippen LogP contribution in [0.1, 0.15) is 47.6 Å². The summed E-state index contributed by atoms with van der Waals surface area (Å²) in [6.07, 6.45) is 3.56. The Labute approximate surface area is 193 Å². The first-order chi connectivity index (χ1) is 16.4. The fraction of sp³-hybridized carbons (Fsp3) is 0.455. The number of carbonyl (C=O) groups is 1. The zero-order chi connectivity index (χ0) is 23.9. The predicted molar refractivity (Wildman–Crippen MR) is 116 cm³/mol. The van der Waals surface area contributed by atoms with Gasteiger partial charge in [0.1, 0.15) is 11.6 Å². The van der Waals surface area contributed by atoms with Gasteiger partial charge < -0.3 is 15.2 Å². The summed E-state index contributed by atoms with van der Waals surface area (Å²) in [6, 6.07) is 4.02. The van der Waals surface area contributed by atoms with E-state index in [4.69, 9.17) is 4.74 Å². The van der Waals surface area contributed by atoms with E-state index in [1.165, 1.54) is 27.6 Å². The molecule has 1 saturated carbocycles. The number of rotatable bonds is 4. The first kappa shape index (κ1) is 22.1. The van der Waals surface area contributed by atoms with Gasteiger partial charge in [0.25, 0.3) is 11.5 Å². The largest absolute Gasteiger partial charge is 0.501 e. The maximum Gasteiger partial charge on any atom is 0.296 e. The van der Waals surface area contributed by atoms with Crippen LogP contribution in [0.2, 0.25) is 0 Å². The fourth-order valence-electron chi connectivity index (χ4n) is 4.78. The van der Waals surface area contributed by atoms with Crippen molar-refractivity contribution in [2.45, 2.75) is 44.2 Å². The van der Waals surface area contributed by atoms with Gasteiger partial charge in [-0.2, -0.15) is 4.80 Å². The summed E-state index contributed by atoms with van der Waals surface area (Å²) in [7, 11) is 1.59. The average Bonchev–Trinajstić information content (AvgIpc) is 3.43. The lowest BCUT2D eigenvalue weighted by atomic mass is 9.86. The molecular formula is C22H24FN7O4. The SMILES string of the molecule is Cn1nnc(-c2cc(F)ccc2CNC(=O)c2nc3n(c(=O)c2O)CCOCC32CCCC2)n1. The van der Waals surface area contributed by atoms with Crippen molar-refractivity contribution in [2.24, 2.45) is 7.05 Å². The van der Waals surface area contributed by atoms with E-state index in [9.17, 15) is 19.1 Å². The van der Waals surface area contributed by atoms with Crippen molar-refractivity contribution >= 4 is 5.91 Å². The number of hydrogen-bond acceptors (Lipinski definition) is 8. The number of ether oxygens (including phenoxy) is 1. The zero-order valence-corrected chi connectivity index (χ0v) is 18.6. The third-order valence-electron chi connectivity index (χ3n) is 6.49. The summed E-state index contributed by atoms with van der Waals surface area (Å²) in [6.45, 7) is 1.00. The van der Waals surface area contributed by atoms with Crippen molar-refractivity contribution in [3.63, 3.8) is 0 Å². The molecule has 2 aliphatic rings. The highest BCUT2D eigenvalue weighted by molar-refractivity contribution is 5.94. The first-order valence-corrected chi connectivity index (χ1v) is 11.1. The van der Waals surface area contributed by atoms with Crippen molar-refractivity contribution in [1.82, 2.24) is 35.1 Å². The van der Waals surface area contributed by atoms with E-state index in [1.807, 2.05) is 0 Å². The van der Waals surface area contributed by atoms with Gasteiger partial charge in [-0.05, 0) is 35.8 Å². The number of hydrogen-bond donors (Lipinski definition) is 2. The average molecular weight is 469 g/mol. The van der Waals surface area contributed by atoms with Crippen LogP contribution in [0.25, 0.3) is 11.4 Å². The van der Waals surface area contributed by atoms with Crippen LogP contribution in [0, 0.1) is 5.82 Å². The van der Waals surface area contributed by atoms with Gasteiger partial charge in [0.05, 0.1) is 32.2 Å². The van der Waals surface area contributed by atoms with Crippen molar-refractivity contribution in [1.29, 1.82) is 0 Å². The zero-order valence-electron chi connectivity index (χ0n) is 18.6. The molecule has 1 aliphatic heterocycles. The van der Waals surface area contributed by atoms with Crippen LogP contribution in [0.5, 0.6) is 5.75 Å². The Morgan fingerprint density at radius 1 is 1.32 bits per heavy atom. The second kappa shape index (κ2) is 8.60. The molecule has 0 saturated heterocycles. The van der Waals surface area contributed by atoms with Crippen LogP contribution in [-0.2, 0) is 30.3 Å². The maximum absolute atomic E-state index is 13.9. The number of aromatic nitrogens is 6. The number of fused-ring (bicyclic) bond motifs is 2. The molecule has 178 valence electrons. The smallest absolute Gasteiger partial charge is 0.296 e. The quantitative estimate of drug-likeness (QED) is 0.579. The molecule has 0 unspecified atom stereocenters. The Morgan fingerprint density at radius 3 is 2.85 bits per heavy atom. The molecule has 0 radical (unpaired) electrons. The van der Waals surface area contributed by atoms with Gasteiger partial charge >= 0.3 is 0 Å². The Kier molecular flexibility index (Phi) is 5.60. The van der Waals surface area contributed by atoms with Gasteiger partial charge in [-0.3, -0.25) is 14.2 Å². The molecule has 12 heteroatoms. The molecule has 1 aliphatic carbocycles.